The minimum absolute atomic E-state index is 0.0568. The third kappa shape index (κ3) is 4.40. The number of likely N-dealkylation sites (N-methyl/N-ethyl adjacent to an activating group) is 1. The zero-order chi connectivity index (χ0) is 13.5. The average Bonchev–Trinajstić information content (AvgIpc) is 2.68. The van der Waals surface area contributed by atoms with Gasteiger partial charge in [-0.3, -0.25) is 9.48 Å². The minimum Gasteiger partial charge on any atom is -0.373 e. The molecule has 0 saturated heterocycles. The Morgan fingerprint density at radius 3 is 2.89 bits per heavy atom. The van der Waals surface area contributed by atoms with Gasteiger partial charge in [0.1, 0.15) is 12.3 Å². The van der Waals surface area contributed by atoms with Crippen molar-refractivity contribution < 1.29 is 9.53 Å². The lowest BCUT2D eigenvalue weighted by Crippen LogP contribution is -2.22. The number of halogens is 1. The largest absolute Gasteiger partial charge is 0.373 e. The second-order valence-electron chi connectivity index (χ2n) is 4.34. The maximum absolute atomic E-state index is 12.0. The number of Topliss-reactive ketones (excluding diaryl/α,β-unsaturated/α-hetero) is 1. The van der Waals surface area contributed by atoms with Crippen LogP contribution in [0.2, 0.25) is 5.02 Å². The molecule has 0 N–H and O–H groups in total. The highest BCUT2D eigenvalue weighted by molar-refractivity contribution is 6.33. The highest BCUT2D eigenvalue weighted by atomic mass is 35.5. The molecule has 0 aliphatic heterocycles. The number of aromatic nitrogens is 2. The van der Waals surface area contributed by atoms with E-state index in [1.807, 2.05) is 25.9 Å². The van der Waals surface area contributed by atoms with Crippen LogP contribution < -0.4 is 0 Å². The lowest BCUT2D eigenvalue weighted by molar-refractivity contribution is 0.0750. The number of hydrogen-bond donors (Lipinski definition) is 0. The molecule has 0 spiro atoms. The second kappa shape index (κ2) is 7.51. The summed E-state index contributed by atoms with van der Waals surface area (Å²) in [7, 11) is 3.94. The van der Waals surface area contributed by atoms with Crippen molar-refractivity contribution in [1.29, 1.82) is 0 Å². The number of carbonyl (C=O) groups is 1. The molecule has 5 nitrogen and oxygen atoms in total. The fourth-order valence-corrected chi connectivity index (χ4v) is 1.73. The normalized spacial score (nSPS) is 11.2. The van der Waals surface area contributed by atoms with Crippen LogP contribution in [0.15, 0.2) is 6.20 Å². The van der Waals surface area contributed by atoms with Crippen molar-refractivity contribution in [2.24, 2.45) is 0 Å². The highest BCUT2D eigenvalue weighted by Gasteiger charge is 2.17. The fourth-order valence-electron chi connectivity index (χ4n) is 1.48. The van der Waals surface area contributed by atoms with Gasteiger partial charge in [-0.1, -0.05) is 18.5 Å². The molecular weight excluding hydrogens is 254 g/mol. The van der Waals surface area contributed by atoms with Crippen LogP contribution in [-0.4, -0.2) is 54.3 Å². The molecule has 1 rings (SSSR count). The molecule has 1 aromatic heterocycles. The predicted octanol–water partition coefficient (Wildman–Crippen LogP) is 1.71. The van der Waals surface area contributed by atoms with Crippen LogP contribution in [0.25, 0.3) is 0 Å². The minimum atomic E-state index is -0.121. The van der Waals surface area contributed by atoms with E-state index >= 15 is 0 Å². The van der Waals surface area contributed by atoms with E-state index in [0.717, 1.165) is 13.0 Å². The third-order valence-electron chi connectivity index (χ3n) is 2.40. The zero-order valence-electron chi connectivity index (χ0n) is 11.1. The van der Waals surface area contributed by atoms with Gasteiger partial charge in [0.05, 0.1) is 17.8 Å². The van der Waals surface area contributed by atoms with Gasteiger partial charge in [0.2, 0.25) is 5.78 Å². The maximum atomic E-state index is 12.0. The zero-order valence-corrected chi connectivity index (χ0v) is 11.9. The van der Waals surface area contributed by atoms with Crippen molar-refractivity contribution >= 4 is 17.4 Å². The SMILES string of the molecule is CCCOCC(=O)c1c(Cl)cnn1CCN(C)C. The Morgan fingerprint density at radius 1 is 1.56 bits per heavy atom. The number of ketones is 1. The lowest BCUT2D eigenvalue weighted by Gasteiger charge is -2.11. The van der Waals surface area contributed by atoms with Crippen LogP contribution in [0.1, 0.15) is 23.8 Å². The first-order valence-electron chi connectivity index (χ1n) is 6.03. The van der Waals surface area contributed by atoms with Crippen LogP contribution in [-0.2, 0) is 11.3 Å². The van der Waals surface area contributed by atoms with E-state index in [4.69, 9.17) is 16.3 Å². The number of nitrogens with zero attached hydrogens (tertiary/aromatic N) is 3. The summed E-state index contributed by atoms with van der Waals surface area (Å²) >= 11 is 5.99. The summed E-state index contributed by atoms with van der Waals surface area (Å²) in [5.41, 5.74) is 0.439. The van der Waals surface area contributed by atoms with Gasteiger partial charge in [0.15, 0.2) is 0 Å². The van der Waals surface area contributed by atoms with E-state index in [1.54, 1.807) is 4.68 Å². The van der Waals surface area contributed by atoms with Gasteiger partial charge in [0.25, 0.3) is 0 Å². The van der Waals surface area contributed by atoms with Crippen LogP contribution in [0.4, 0.5) is 0 Å². The van der Waals surface area contributed by atoms with Crippen LogP contribution >= 0.6 is 11.6 Å². The smallest absolute Gasteiger partial charge is 0.207 e. The number of hydrogen-bond acceptors (Lipinski definition) is 4. The van der Waals surface area contributed by atoms with E-state index in [0.29, 0.717) is 23.9 Å². The molecule has 0 saturated carbocycles. The van der Waals surface area contributed by atoms with Gasteiger partial charge in [-0.25, -0.2) is 0 Å². The molecule has 0 fully saturated rings. The van der Waals surface area contributed by atoms with Crippen molar-refractivity contribution in [2.45, 2.75) is 19.9 Å². The average molecular weight is 274 g/mol. The van der Waals surface area contributed by atoms with E-state index < -0.39 is 0 Å². The Labute approximate surface area is 113 Å². The Morgan fingerprint density at radius 2 is 2.28 bits per heavy atom. The molecule has 0 aliphatic rings. The molecular formula is C12H20ClN3O2. The quantitative estimate of drug-likeness (QED) is 0.534. The third-order valence-corrected chi connectivity index (χ3v) is 2.68. The van der Waals surface area contributed by atoms with Gasteiger partial charge in [-0.2, -0.15) is 5.10 Å². The molecule has 0 aromatic carbocycles. The first kappa shape index (κ1) is 15.1. The molecule has 1 aromatic rings. The van der Waals surface area contributed by atoms with Crippen LogP contribution in [0.5, 0.6) is 0 Å². The van der Waals surface area contributed by atoms with Crippen molar-refractivity contribution in [3.05, 3.63) is 16.9 Å². The summed E-state index contributed by atoms with van der Waals surface area (Å²) in [5, 5.41) is 4.51. The number of carbonyl (C=O) groups excluding carboxylic acids is 1. The number of ether oxygens (including phenoxy) is 1. The van der Waals surface area contributed by atoms with E-state index in [1.165, 1.54) is 6.20 Å². The molecule has 0 radical (unpaired) electrons. The predicted molar refractivity (Wildman–Crippen MR) is 71.2 cm³/mol. The maximum Gasteiger partial charge on any atom is 0.207 e. The van der Waals surface area contributed by atoms with Gasteiger partial charge in [0, 0.05) is 13.2 Å². The van der Waals surface area contributed by atoms with Gasteiger partial charge in [-0.05, 0) is 20.5 Å². The standard InChI is InChI=1S/C12H20ClN3O2/c1-4-7-18-9-11(17)12-10(13)8-14-16(12)6-5-15(2)3/h8H,4-7,9H2,1-3H3. The molecule has 102 valence electrons. The summed E-state index contributed by atoms with van der Waals surface area (Å²) < 4.78 is 6.88. The first-order valence-corrected chi connectivity index (χ1v) is 6.41. The van der Waals surface area contributed by atoms with Crippen LogP contribution in [0.3, 0.4) is 0 Å². The second-order valence-corrected chi connectivity index (χ2v) is 4.75. The molecule has 0 unspecified atom stereocenters. The molecule has 18 heavy (non-hydrogen) atoms. The monoisotopic (exact) mass is 273 g/mol. The summed E-state index contributed by atoms with van der Waals surface area (Å²) in [6.45, 7) is 4.07. The van der Waals surface area contributed by atoms with Gasteiger partial charge in [-0.15, -0.1) is 0 Å². The summed E-state index contributed by atoms with van der Waals surface area (Å²) in [4.78, 5) is 14.0. The fraction of sp³-hybridized carbons (Fsp3) is 0.667. The Bertz CT molecular complexity index is 391. The molecule has 0 amide bonds. The van der Waals surface area contributed by atoms with Crippen molar-refractivity contribution in [3.8, 4) is 0 Å². The Kier molecular flexibility index (Phi) is 6.32. The molecule has 6 heteroatoms. The van der Waals surface area contributed by atoms with E-state index in [2.05, 4.69) is 5.10 Å². The highest BCUT2D eigenvalue weighted by Crippen LogP contribution is 2.16. The summed E-state index contributed by atoms with van der Waals surface area (Å²) in [6, 6.07) is 0. The van der Waals surface area contributed by atoms with Crippen molar-refractivity contribution in [2.75, 3.05) is 33.9 Å². The summed E-state index contributed by atoms with van der Waals surface area (Å²) in [6.07, 6.45) is 2.39. The van der Waals surface area contributed by atoms with Gasteiger partial charge >= 0.3 is 0 Å². The first-order chi connectivity index (χ1) is 8.56. The molecule has 0 aliphatic carbocycles. The van der Waals surface area contributed by atoms with E-state index in [-0.39, 0.29) is 12.4 Å². The number of rotatable bonds is 8. The van der Waals surface area contributed by atoms with Crippen molar-refractivity contribution in [1.82, 2.24) is 14.7 Å². The topological polar surface area (TPSA) is 47.4 Å². The molecule has 0 bridgehead atoms. The Balaban J connectivity index is 2.67. The van der Waals surface area contributed by atoms with Crippen LogP contribution in [0, 0.1) is 0 Å². The van der Waals surface area contributed by atoms with Crippen molar-refractivity contribution in [3.63, 3.8) is 0 Å². The Hall–Kier alpha value is -0.910. The molecule has 0 atom stereocenters. The lowest BCUT2D eigenvalue weighted by atomic mass is 10.3. The molecule has 1 heterocycles. The van der Waals surface area contributed by atoms with E-state index in [9.17, 15) is 4.79 Å². The van der Waals surface area contributed by atoms with Gasteiger partial charge < -0.3 is 9.64 Å². The summed E-state index contributed by atoms with van der Waals surface area (Å²) in [5.74, 6) is -0.121.